The number of nitrogens with one attached hydrogen (secondary N) is 2. The predicted octanol–water partition coefficient (Wildman–Crippen LogP) is 2.31. The lowest BCUT2D eigenvalue weighted by molar-refractivity contribution is 0.0691. The van der Waals surface area contributed by atoms with Crippen LogP contribution in [-0.4, -0.2) is 45.9 Å². The molecule has 2 aliphatic rings. The minimum atomic E-state index is 0.0604. The van der Waals surface area contributed by atoms with Crippen molar-refractivity contribution < 1.29 is 4.79 Å². The smallest absolute Gasteiger partial charge is 0.272 e. The number of rotatable bonds is 3. The Morgan fingerprint density at radius 2 is 1.91 bits per heavy atom. The molecule has 5 nitrogen and oxygen atoms in total. The number of nitrogens with zero attached hydrogens (tertiary/aromatic N) is 2. The average Bonchev–Trinajstić information content (AvgIpc) is 2.98. The van der Waals surface area contributed by atoms with Gasteiger partial charge in [-0.05, 0) is 43.9 Å². The van der Waals surface area contributed by atoms with Crippen LogP contribution in [-0.2, 0) is 0 Å². The molecule has 2 N–H and O–H groups in total. The molecule has 4 rings (SSSR count). The number of carbonyl (C=O) groups is 1. The maximum absolute atomic E-state index is 12.6. The van der Waals surface area contributed by atoms with Crippen LogP contribution in [0.3, 0.4) is 0 Å². The fraction of sp³-hybridized carbons (Fsp3) is 0.529. The summed E-state index contributed by atoms with van der Waals surface area (Å²) in [6.45, 7) is 1.66. The summed E-state index contributed by atoms with van der Waals surface area (Å²) in [7, 11) is 0. The van der Waals surface area contributed by atoms with E-state index in [1.165, 1.54) is 19.3 Å². The Balaban J connectivity index is 1.38. The molecule has 0 bridgehead atoms. The zero-order valence-corrected chi connectivity index (χ0v) is 12.7. The molecule has 1 saturated carbocycles. The van der Waals surface area contributed by atoms with Crippen molar-refractivity contribution in [3.63, 3.8) is 0 Å². The third kappa shape index (κ3) is 2.61. The first-order valence-electron chi connectivity index (χ1n) is 8.29. The minimum Gasteiger partial charge on any atom is -0.360 e. The van der Waals surface area contributed by atoms with Crippen molar-refractivity contribution in [2.24, 2.45) is 0 Å². The van der Waals surface area contributed by atoms with E-state index in [4.69, 9.17) is 0 Å². The summed E-state index contributed by atoms with van der Waals surface area (Å²) in [6.07, 6.45) is 7.95. The second-order valence-corrected chi connectivity index (χ2v) is 6.47. The van der Waals surface area contributed by atoms with Crippen LogP contribution in [0.5, 0.6) is 0 Å². The normalized spacial score (nSPS) is 20.3. The van der Waals surface area contributed by atoms with Gasteiger partial charge in [0.2, 0.25) is 0 Å². The first kappa shape index (κ1) is 13.8. The van der Waals surface area contributed by atoms with Gasteiger partial charge in [-0.3, -0.25) is 4.79 Å². The Morgan fingerprint density at radius 3 is 2.64 bits per heavy atom. The predicted molar refractivity (Wildman–Crippen MR) is 85.8 cm³/mol. The monoisotopic (exact) mass is 298 g/mol. The fourth-order valence-electron chi connectivity index (χ4n) is 3.37. The molecule has 1 saturated heterocycles. The first-order valence-corrected chi connectivity index (χ1v) is 8.29. The van der Waals surface area contributed by atoms with Crippen LogP contribution in [0.1, 0.15) is 42.6 Å². The van der Waals surface area contributed by atoms with Crippen molar-refractivity contribution in [2.75, 3.05) is 13.1 Å². The van der Waals surface area contributed by atoms with E-state index in [1.54, 1.807) is 0 Å². The number of piperidine rings is 1. The molecule has 2 aromatic heterocycles. The zero-order chi connectivity index (χ0) is 14.9. The van der Waals surface area contributed by atoms with Crippen molar-refractivity contribution in [1.82, 2.24) is 20.2 Å². The minimum absolute atomic E-state index is 0.0604. The van der Waals surface area contributed by atoms with Gasteiger partial charge < -0.3 is 15.2 Å². The highest BCUT2D eigenvalue weighted by molar-refractivity contribution is 5.94. The van der Waals surface area contributed by atoms with Crippen LogP contribution < -0.4 is 5.32 Å². The van der Waals surface area contributed by atoms with Crippen molar-refractivity contribution in [1.29, 1.82) is 0 Å². The number of carbonyl (C=O) groups excluding carboxylic acids is 1. The average molecular weight is 298 g/mol. The molecule has 3 heterocycles. The lowest BCUT2D eigenvalue weighted by Crippen LogP contribution is -2.49. The summed E-state index contributed by atoms with van der Waals surface area (Å²) < 4.78 is 0. The second-order valence-electron chi connectivity index (χ2n) is 6.47. The number of hydrogen-bond donors (Lipinski definition) is 2. The highest BCUT2D eigenvalue weighted by Gasteiger charge is 2.27. The van der Waals surface area contributed by atoms with Gasteiger partial charge in [-0.1, -0.05) is 6.42 Å². The number of aromatic nitrogens is 2. The van der Waals surface area contributed by atoms with Crippen LogP contribution in [0.15, 0.2) is 24.4 Å². The Labute approximate surface area is 130 Å². The highest BCUT2D eigenvalue weighted by Crippen LogP contribution is 2.22. The number of hydrogen-bond acceptors (Lipinski definition) is 3. The van der Waals surface area contributed by atoms with Gasteiger partial charge >= 0.3 is 0 Å². The van der Waals surface area contributed by atoms with Gasteiger partial charge in [0.15, 0.2) is 0 Å². The first-order chi connectivity index (χ1) is 10.8. The van der Waals surface area contributed by atoms with E-state index in [-0.39, 0.29) is 5.91 Å². The summed E-state index contributed by atoms with van der Waals surface area (Å²) in [5.74, 6) is 0.0604. The number of amides is 1. The topological polar surface area (TPSA) is 61.0 Å². The zero-order valence-electron chi connectivity index (χ0n) is 12.7. The standard InChI is InChI=1S/C17H22N4O/c22-17(16-5-4-14-15(20-16)6-9-18-14)21-10-7-13(8-11-21)19-12-2-1-3-12/h4-6,9,12-13,18-19H,1-3,7-8,10-11H2. The molecule has 1 aliphatic heterocycles. The quantitative estimate of drug-likeness (QED) is 0.914. The van der Waals surface area contributed by atoms with Gasteiger partial charge in [0, 0.05) is 31.4 Å². The van der Waals surface area contributed by atoms with Crippen molar-refractivity contribution in [3.05, 3.63) is 30.1 Å². The Kier molecular flexibility index (Phi) is 3.58. The molecule has 1 amide bonds. The van der Waals surface area contributed by atoms with E-state index >= 15 is 0 Å². The largest absolute Gasteiger partial charge is 0.360 e. The molecular weight excluding hydrogens is 276 g/mol. The maximum Gasteiger partial charge on any atom is 0.272 e. The van der Waals surface area contributed by atoms with Gasteiger partial charge in [0.25, 0.3) is 5.91 Å². The van der Waals surface area contributed by atoms with Crippen molar-refractivity contribution in [2.45, 2.75) is 44.2 Å². The Hall–Kier alpha value is -1.88. The third-order valence-electron chi connectivity index (χ3n) is 4.98. The lowest BCUT2D eigenvalue weighted by atomic mass is 9.91. The highest BCUT2D eigenvalue weighted by atomic mass is 16.2. The van der Waals surface area contributed by atoms with Gasteiger partial charge in [-0.2, -0.15) is 0 Å². The van der Waals surface area contributed by atoms with Crippen molar-refractivity contribution in [3.8, 4) is 0 Å². The van der Waals surface area contributed by atoms with E-state index < -0.39 is 0 Å². The summed E-state index contributed by atoms with van der Waals surface area (Å²) in [6, 6.07) is 6.96. The molecule has 5 heteroatoms. The second kappa shape index (κ2) is 5.72. The van der Waals surface area contributed by atoms with Crippen LogP contribution in [0, 0.1) is 0 Å². The van der Waals surface area contributed by atoms with Gasteiger partial charge in [-0.15, -0.1) is 0 Å². The Morgan fingerprint density at radius 1 is 1.14 bits per heavy atom. The van der Waals surface area contributed by atoms with Gasteiger partial charge in [0.1, 0.15) is 5.69 Å². The van der Waals surface area contributed by atoms with E-state index in [9.17, 15) is 4.79 Å². The van der Waals surface area contributed by atoms with E-state index in [1.807, 2.05) is 29.3 Å². The van der Waals surface area contributed by atoms with Gasteiger partial charge in [0.05, 0.1) is 11.0 Å². The molecule has 22 heavy (non-hydrogen) atoms. The van der Waals surface area contributed by atoms with E-state index in [0.29, 0.717) is 11.7 Å². The summed E-state index contributed by atoms with van der Waals surface area (Å²) in [4.78, 5) is 22.1. The molecule has 0 aromatic carbocycles. The molecule has 0 radical (unpaired) electrons. The number of pyridine rings is 1. The number of likely N-dealkylation sites (tertiary alicyclic amines) is 1. The molecule has 0 spiro atoms. The number of H-pyrrole nitrogens is 1. The molecule has 0 atom stereocenters. The van der Waals surface area contributed by atoms with Crippen LogP contribution >= 0.6 is 0 Å². The van der Waals surface area contributed by atoms with E-state index in [0.717, 1.165) is 43.0 Å². The van der Waals surface area contributed by atoms with E-state index in [2.05, 4.69) is 15.3 Å². The maximum atomic E-state index is 12.6. The summed E-state index contributed by atoms with van der Waals surface area (Å²) in [5, 5.41) is 3.72. The van der Waals surface area contributed by atoms with Gasteiger partial charge in [-0.25, -0.2) is 4.98 Å². The number of aromatic amines is 1. The number of fused-ring (bicyclic) bond motifs is 1. The summed E-state index contributed by atoms with van der Waals surface area (Å²) >= 11 is 0. The van der Waals surface area contributed by atoms with Crippen LogP contribution in [0.4, 0.5) is 0 Å². The molecule has 0 unspecified atom stereocenters. The van der Waals surface area contributed by atoms with Crippen LogP contribution in [0.2, 0.25) is 0 Å². The third-order valence-corrected chi connectivity index (χ3v) is 4.98. The Bertz CT molecular complexity index is 668. The fourth-order valence-corrected chi connectivity index (χ4v) is 3.37. The molecular formula is C17H22N4O. The molecule has 1 aliphatic carbocycles. The molecule has 116 valence electrons. The summed E-state index contributed by atoms with van der Waals surface area (Å²) in [5.41, 5.74) is 2.38. The molecule has 2 aromatic rings. The van der Waals surface area contributed by atoms with Crippen LogP contribution in [0.25, 0.3) is 11.0 Å². The SMILES string of the molecule is O=C(c1ccc2[nH]ccc2n1)N1CCC(NC2CCC2)CC1. The lowest BCUT2D eigenvalue weighted by Gasteiger charge is -2.37. The molecule has 2 fully saturated rings. The van der Waals surface area contributed by atoms with Crippen molar-refractivity contribution >= 4 is 16.9 Å².